The van der Waals surface area contributed by atoms with Gasteiger partial charge in [-0.25, -0.2) is 9.97 Å². The predicted octanol–water partition coefficient (Wildman–Crippen LogP) is 4.06. The minimum atomic E-state index is -0.292. The van der Waals surface area contributed by atoms with E-state index in [1.165, 1.54) is 4.68 Å². The first kappa shape index (κ1) is 21.3. The highest BCUT2D eigenvalue weighted by Crippen LogP contribution is 2.28. The number of nitrogens with two attached hydrogens (primary N) is 1. The summed E-state index contributed by atoms with van der Waals surface area (Å²) in [5.74, 6) is 0.00543. The average molecular weight is 431 g/mol. The molecule has 4 aromatic rings. The number of aromatic hydroxyl groups is 1. The third kappa shape index (κ3) is 4.39. The molecule has 0 saturated carbocycles. The Morgan fingerprint density at radius 1 is 1.12 bits per heavy atom. The Morgan fingerprint density at radius 3 is 2.66 bits per heavy atom. The van der Waals surface area contributed by atoms with Crippen LogP contribution in [0.4, 0.5) is 5.82 Å². The Balaban J connectivity index is 1.76. The van der Waals surface area contributed by atoms with Gasteiger partial charge in [0.05, 0.1) is 17.2 Å². The molecule has 0 aliphatic rings. The summed E-state index contributed by atoms with van der Waals surface area (Å²) in [6.45, 7) is 2.72. The van der Waals surface area contributed by atoms with Gasteiger partial charge in [0, 0.05) is 6.54 Å². The summed E-state index contributed by atoms with van der Waals surface area (Å²) in [5.41, 5.74) is 9.48. The highest BCUT2D eigenvalue weighted by molar-refractivity contribution is 6.10. The van der Waals surface area contributed by atoms with Crippen molar-refractivity contribution in [2.75, 3.05) is 12.3 Å². The number of carbonyl (C=O) groups is 1. The molecule has 164 valence electrons. The van der Waals surface area contributed by atoms with E-state index in [2.05, 4.69) is 27.3 Å². The number of carbonyl (C=O) groups excluding carboxylic acids is 1. The Kier molecular flexibility index (Phi) is 6.30. The van der Waals surface area contributed by atoms with Crippen molar-refractivity contribution in [3.63, 3.8) is 0 Å². The number of benzene rings is 2. The Labute approximate surface area is 185 Å². The van der Waals surface area contributed by atoms with Crippen molar-refractivity contribution in [2.45, 2.75) is 32.6 Å². The number of fused-ring (bicyclic) bond motifs is 2. The molecular weight excluding hydrogens is 404 g/mol. The van der Waals surface area contributed by atoms with Gasteiger partial charge in [0.25, 0.3) is 5.91 Å². The second-order valence-electron chi connectivity index (χ2n) is 7.61. The number of para-hydroxylation sites is 2. The summed E-state index contributed by atoms with van der Waals surface area (Å²) in [4.78, 5) is 22.4. The minimum Gasteiger partial charge on any atom is -0.508 e. The largest absolute Gasteiger partial charge is 0.508 e. The highest BCUT2D eigenvalue weighted by Gasteiger charge is 2.23. The number of nitrogen functional groups attached to an aromatic ring is 1. The van der Waals surface area contributed by atoms with Gasteiger partial charge < -0.3 is 16.2 Å². The topological polar surface area (TPSA) is 118 Å². The number of anilines is 1. The molecule has 2 aromatic carbocycles. The second kappa shape index (κ2) is 9.47. The van der Waals surface area contributed by atoms with Crippen LogP contribution in [-0.2, 0) is 0 Å². The molecule has 0 aliphatic carbocycles. The number of phenols is 1. The van der Waals surface area contributed by atoms with Crippen LogP contribution in [-0.4, -0.2) is 38.4 Å². The van der Waals surface area contributed by atoms with E-state index in [1.54, 1.807) is 30.5 Å². The van der Waals surface area contributed by atoms with Gasteiger partial charge >= 0.3 is 0 Å². The van der Waals surface area contributed by atoms with Gasteiger partial charge in [-0.2, -0.15) is 9.78 Å². The van der Waals surface area contributed by atoms with Crippen LogP contribution in [0.3, 0.4) is 0 Å². The van der Waals surface area contributed by atoms with Crippen molar-refractivity contribution in [1.82, 2.24) is 20.0 Å². The van der Waals surface area contributed by atoms with E-state index in [9.17, 15) is 9.90 Å². The first-order valence-electron chi connectivity index (χ1n) is 10.8. The lowest BCUT2D eigenvalue weighted by atomic mass is 10.2. The van der Waals surface area contributed by atoms with Gasteiger partial charge in [0.15, 0.2) is 5.65 Å². The molecule has 0 fully saturated rings. The Morgan fingerprint density at radius 2 is 1.91 bits per heavy atom. The average Bonchev–Trinajstić information content (AvgIpc) is 3.06. The number of nitrogens with one attached hydrogen (secondary N) is 1. The van der Waals surface area contributed by atoms with E-state index in [1.807, 2.05) is 24.3 Å². The van der Waals surface area contributed by atoms with E-state index >= 15 is 0 Å². The lowest BCUT2D eigenvalue weighted by molar-refractivity contribution is 0.0955. The fraction of sp³-hybridized carbons (Fsp3) is 0.250. The summed E-state index contributed by atoms with van der Waals surface area (Å²) in [6.07, 6.45) is 5.79. The number of phenolic OH excluding ortho intramolecular Hbond substituents is 1. The van der Waals surface area contributed by atoms with Crippen molar-refractivity contribution >= 4 is 40.1 Å². The molecule has 2 heterocycles. The van der Waals surface area contributed by atoms with Gasteiger partial charge in [-0.05, 0) is 36.2 Å². The quantitative estimate of drug-likeness (QED) is 0.288. The summed E-state index contributed by atoms with van der Waals surface area (Å²) in [6, 6.07) is 14.1. The van der Waals surface area contributed by atoms with E-state index in [0.29, 0.717) is 34.3 Å². The fourth-order valence-corrected chi connectivity index (χ4v) is 3.56. The van der Waals surface area contributed by atoms with Gasteiger partial charge in [-0.3, -0.25) is 4.79 Å². The first-order valence-corrected chi connectivity index (χ1v) is 10.8. The maximum atomic E-state index is 13.0. The molecule has 8 heteroatoms. The van der Waals surface area contributed by atoms with Crippen molar-refractivity contribution in [1.29, 1.82) is 0 Å². The van der Waals surface area contributed by atoms with Crippen LogP contribution in [0.5, 0.6) is 5.75 Å². The van der Waals surface area contributed by atoms with Crippen molar-refractivity contribution < 1.29 is 9.90 Å². The lowest BCUT2D eigenvalue weighted by Crippen LogP contribution is -2.25. The predicted molar refractivity (Wildman–Crippen MR) is 127 cm³/mol. The van der Waals surface area contributed by atoms with Gasteiger partial charge in [0.1, 0.15) is 22.6 Å². The number of unbranched alkanes of at least 4 members (excludes halogenated alkanes) is 3. The number of aromatic nitrogens is 3. The molecular formula is C24H26N6O2. The molecule has 0 unspecified atom stereocenters. The van der Waals surface area contributed by atoms with Crippen molar-refractivity contribution in [3.8, 4) is 5.75 Å². The zero-order valence-electron chi connectivity index (χ0n) is 18.0. The summed E-state index contributed by atoms with van der Waals surface area (Å²) in [7, 11) is 0. The van der Waals surface area contributed by atoms with Gasteiger partial charge in [0.2, 0.25) is 0 Å². The Hall–Kier alpha value is -3.94. The zero-order valence-corrected chi connectivity index (χ0v) is 18.0. The molecule has 0 spiro atoms. The fourth-order valence-electron chi connectivity index (χ4n) is 3.56. The zero-order chi connectivity index (χ0) is 22.5. The summed E-state index contributed by atoms with van der Waals surface area (Å²) < 4.78 is 1.42. The number of amides is 1. The summed E-state index contributed by atoms with van der Waals surface area (Å²) >= 11 is 0. The third-order valence-electron chi connectivity index (χ3n) is 5.21. The van der Waals surface area contributed by atoms with Gasteiger partial charge in [-0.1, -0.05) is 50.5 Å². The smallest absolute Gasteiger partial charge is 0.257 e. The molecule has 0 bridgehead atoms. The van der Waals surface area contributed by atoms with Crippen LogP contribution in [0.15, 0.2) is 53.6 Å². The van der Waals surface area contributed by atoms with E-state index in [-0.39, 0.29) is 23.0 Å². The molecule has 8 nitrogen and oxygen atoms in total. The molecule has 32 heavy (non-hydrogen) atoms. The molecule has 4 rings (SSSR count). The molecule has 1 amide bonds. The number of rotatable bonds is 8. The monoisotopic (exact) mass is 430 g/mol. The summed E-state index contributed by atoms with van der Waals surface area (Å²) in [5, 5.41) is 17.1. The lowest BCUT2D eigenvalue weighted by Gasteiger charge is -2.05. The highest BCUT2D eigenvalue weighted by atomic mass is 16.3. The number of hydrogen-bond donors (Lipinski definition) is 3. The maximum absolute atomic E-state index is 13.0. The second-order valence-corrected chi connectivity index (χ2v) is 7.61. The van der Waals surface area contributed by atoms with Crippen LogP contribution < -0.4 is 11.1 Å². The van der Waals surface area contributed by atoms with Crippen LogP contribution in [0.25, 0.3) is 22.2 Å². The normalized spacial score (nSPS) is 11.5. The van der Waals surface area contributed by atoms with Crippen LogP contribution in [0.2, 0.25) is 0 Å². The standard InChI is InChI=1S/C24H26N6O2/c1-2-3-4-7-13-26-24(32)20-21-23(29-19-12-6-5-11-18(19)28-21)30(22(20)25)27-15-16-9-8-10-17(31)14-16/h5-6,8-12,14-15,31H,2-4,7,13,25H2,1H3,(H,26,32)/b27-15-. The van der Waals surface area contributed by atoms with Crippen LogP contribution >= 0.6 is 0 Å². The minimum absolute atomic E-state index is 0.133. The molecule has 2 aromatic heterocycles. The third-order valence-corrected chi connectivity index (χ3v) is 5.21. The van der Waals surface area contributed by atoms with Crippen LogP contribution in [0.1, 0.15) is 48.5 Å². The Bertz CT molecular complexity index is 1290. The van der Waals surface area contributed by atoms with E-state index in [4.69, 9.17) is 5.73 Å². The number of hydrogen-bond acceptors (Lipinski definition) is 6. The number of nitrogens with zero attached hydrogens (tertiary/aromatic N) is 4. The maximum Gasteiger partial charge on any atom is 0.257 e. The first-order chi connectivity index (χ1) is 15.6. The van der Waals surface area contributed by atoms with Gasteiger partial charge in [-0.15, -0.1) is 0 Å². The molecule has 4 N–H and O–H groups in total. The SMILES string of the molecule is CCCCCCNC(=O)c1c(N)n(/N=C\c2cccc(O)c2)c2nc3ccccc3nc12. The van der Waals surface area contributed by atoms with E-state index in [0.717, 1.165) is 25.7 Å². The molecule has 0 atom stereocenters. The van der Waals surface area contributed by atoms with Crippen LogP contribution in [0, 0.1) is 0 Å². The molecule has 0 radical (unpaired) electrons. The molecule has 0 saturated heterocycles. The van der Waals surface area contributed by atoms with Crippen molar-refractivity contribution in [3.05, 3.63) is 59.7 Å². The van der Waals surface area contributed by atoms with E-state index < -0.39 is 0 Å². The molecule has 0 aliphatic heterocycles. The van der Waals surface area contributed by atoms with Crippen molar-refractivity contribution in [2.24, 2.45) is 5.10 Å².